The van der Waals surface area contributed by atoms with Gasteiger partial charge < -0.3 is 9.84 Å². The van der Waals surface area contributed by atoms with Crippen molar-refractivity contribution in [3.63, 3.8) is 0 Å². The molecule has 0 saturated heterocycles. The lowest BCUT2D eigenvalue weighted by Crippen LogP contribution is -2.31. The lowest BCUT2D eigenvalue weighted by molar-refractivity contribution is 0.0221. The minimum Gasteiger partial charge on any atom is -0.496 e. The number of aliphatic hydroxyl groups is 1. The molecule has 106 valence electrons. The summed E-state index contributed by atoms with van der Waals surface area (Å²) in [5.41, 5.74) is 0.917. The van der Waals surface area contributed by atoms with Crippen LogP contribution in [0.3, 0.4) is 0 Å². The number of ether oxygens (including phenoxy) is 1. The van der Waals surface area contributed by atoms with E-state index in [-0.39, 0.29) is 0 Å². The van der Waals surface area contributed by atoms with Crippen molar-refractivity contribution in [2.75, 3.05) is 7.11 Å². The third-order valence-corrected chi connectivity index (χ3v) is 4.47. The summed E-state index contributed by atoms with van der Waals surface area (Å²) < 4.78 is 5.39. The quantitative estimate of drug-likeness (QED) is 0.835. The number of hydrogen-bond donors (Lipinski definition) is 1. The Labute approximate surface area is 116 Å². The number of hydrogen-bond acceptors (Lipinski definition) is 2. The fraction of sp³-hybridized carbons (Fsp3) is 0.647. The normalized spacial score (nSPS) is 26.7. The van der Waals surface area contributed by atoms with E-state index >= 15 is 0 Å². The highest BCUT2D eigenvalue weighted by Crippen LogP contribution is 2.40. The van der Waals surface area contributed by atoms with Gasteiger partial charge in [0.25, 0.3) is 0 Å². The van der Waals surface area contributed by atoms with Crippen LogP contribution in [0.1, 0.15) is 51.5 Å². The molecule has 2 rings (SSSR count). The van der Waals surface area contributed by atoms with Crippen LogP contribution in [0, 0.1) is 5.41 Å². The molecule has 0 spiro atoms. The molecule has 1 unspecified atom stereocenters. The van der Waals surface area contributed by atoms with Crippen molar-refractivity contribution in [3.8, 4) is 5.75 Å². The SMILES string of the molecule is COc1ccccc1CC1(O)CCCC(C)(C)CC1. The molecule has 0 amide bonds. The summed E-state index contributed by atoms with van der Waals surface area (Å²) in [6, 6.07) is 8.02. The minimum atomic E-state index is -0.567. The molecule has 1 fully saturated rings. The maximum atomic E-state index is 10.9. The van der Waals surface area contributed by atoms with Crippen molar-refractivity contribution in [2.45, 2.75) is 58.0 Å². The Balaban J connectivity index is 2.12. The Morgan fingerprint density at radius 2 is 1.84 bits per heavy atom. The van der Waals surface area contributed by atoms with E-state index in [1.54, 1.807) is 7.11 Å². The first kappa shape index (κ1) is 14.4. The van der Waals surface area contributed by atoms with Gasteiger partial charge in [0.2, 0.25) is 0 Å². The zero-order valence-electron chi connectivity index (χ0n) is 12.4. The van der Waals surface area contributed by atoms with Gasteiger partial charge in [0.15, 0.2) is 0 Å². The van der Waals surface area contributed by atoms with Gasteiger partial charge in [-0.05, 0) is 42.7 Å². The highest BCUT2D eigenvalue weighted by molar-refractivity contribution is 5.34. The van der Waals surface area contributed by atoms with Crippen LogP contribution >= 0.6 is 0 Å². The third-order valence-electron chi connectivity index (χ3n) is 4.47. The largest absolute Gasteiger partial charge is 0.496 e. The van der Waals surface area contributed by atoms with Gasteiger partial charge in [-0.3, -0.25) is 0 Å². The molecule has 1 aromatic rings. The molecule has 1 N–H and O–H groups in total. The summed E-state index contributed by atoms with van der Waals surface area (Å²) in [5.74, 6) is 0.888. The van der Waals surface area contributed by atoms with Crippen LogP contribution in [0.4, 0.5) is 0 Å². The Morgan fingerprint density at radius 3 is 2.58 bits per heavy atom. The molecule has 0 aliphatic heterocycles. The highest BCUT2D eigenvalue weighted by Gasteiger charge is 2.34. The number of benzene rings is 1. The Kier molecular flexibility index (Phi) is 4.19. The van der Waals surface area contributed by atoms with Crippen LogP contribution in [0.5, 0.6) is 5.75 Å². The summed E-state index contributed by atoms with van der Waals surface area (Å²) in [4.78, 5) is 0. The van der Waals surface area contributed by atoms with E-state index in [0.717, 1.165) is 37.0 Å². The predicted molar refractivity (Wildman–Crippen MR) is 78.5 cm³/mol. The summed E-state index contributed by atoms with van der Waals surface area (Å²) >= 11 is 0. The topological polar surface area (TPSA) is 29.5 Å². The molecular formula is C17H26O2. The van der Waals surface area contributed by atoms with Crippen molar-refractivity contribution < 1.29 is 9.84 Å². The molecule has 0 heterocycles. The number of methoxy groups -OCH3 is 1. The Hall–Kier alpha value is -1.02. The van der Waals surface area contributed by atoms with Gasteiger partial charge in [-0.2, -0.15) is 0 Å². The van der Waals surface area contributed by atoms with E-state index in [9.17, 15) is 5.11 Å². The molecule has 1 aromatic carbocycles. The van der Waals surface area contributed by atoms with Crippen LogP contribution < -0.4 is 4.74 Å². The molecule has 0 aromatic heterocycles. The maximum Gasteiger partial charge on any atom is 0.122 e. The highest BCUT2D eigenvalue weighted by atomic mass is 16.5. The van der Waals surface area contributed by atoms with Crippen LogP contribution in [-0.4, -0.2) is 17.8 Å². The first-order valence-electron chi connectivity index (χ1n) is 7.28. The summed E-state index contributed by atoms with van der Waals surface area (Å²) in [5, 5.41) is 10.9. The fourth-order valence-electron chi connectivity index (χ4n) is 3.10. The van der Waals surface area contributed by atoms with Crippen molar-refractivity contribution in [1.29, 1.82) is 0 Å². The van der Waals surface area contributed by atoms with Gasteiger partial charge in [-0.1, -0.05) is 38.5 Å². The maximum absolute atomic E-state index is 10.9. The predicted octanol–water partition coefficient (Wildman–Crippen LogP) is 3.96. The summed E-state index contributed by atoms with van der Waals surface area (Å²) in [6.07, 6.45) is 5.90. The first-order chi connectivity index (χ1) is 8.94. The summed E-state index contributed by atoms with van der Waals surface area (Å²) in [6.45, 7) is 4.61. The second kappa shape index (κ2) is 5.54. The monoisotopic (exact) mass is 262 g/mol. The third kappa shape index (κ3) is 3.73. The molecule has 1 atom stereocenters. The van der Waals surface area contributed by atoms with Gasteiger partial charge in [0, 0.05) is 6.42 Å². The lowest BCUT2D eigenvalue weighted by atomic mass is 9.83. The minimum absolute atomic E-state index is 0.366. The van der Waals surface area contributed by atoms with Crippen molar-refractivity contribution in [1.82, 2.24) is 0 Å². The number of rotatable bonds is 3. The smallest absolute Gasteiger partial charge is 0.122 e. The Bertz CT molecular complexity index is 425. The standard InChI is InChI=1S/C17H26O2/c1-16(2)9-6-10-17(18,12-11-16)13-14-7-4-5-8-15(14)19-3/h4-5,7-8,18H,6,9-13H2,1-3H3. The van der Waals surface area contributed by atoms with Crippen LogP contribution in [0.15, 0.2) is 24.3 Å². The van der Waals surface area contributed by atoms with E-state index in [0.29, 0.717) is 11.8 Å². The van der Waals surface area contributed by atoms with E-state index in [1.807, 2.05) is 18.2 Å². The molecule has 1 saturated carbocycles. The van der Waals surface area contributed by atoms with Gasteiger partial charge in [-0.15, -0.1) is 0 Å². The van der Waals surface area contributed by atoms with E-state index < -0.39 is 5.60 Å². The van der Waals surface area contributed by atoms with Gasteiger partial charge in [0.05, 0.1) is 12.7 Å². The molecule has 1 aliphatic rings. The molecular weight excluding hydrogens is 236 g/mol. The van der Waals surface area contributed by atoms with Crippen LogP contribution in [-0.2, 0) is 6.42 Å². The fourth-order valence-corrected chi connectivity index (χ4v) is 3.10. The molecule has 0 bridgehead atoms. The molecule has 19 heavy (non-hydrogen) atoms. The second-order valence-electron chi connectivity index (χ2n) is 6.73. The lowest BCUT2D eigenvalue weighted by Gasteiger charge is -2.28. The second-order valence-corrected chi connectivity index (χ2v) is 6.73. The van der Waals surface area contributed by atoms with Crippen LogP contribution in [0.25, 0.3) is 0 Å². The van der Waals surface area contributed by atoms with Gasteiger partial charge in [-0.25, -0.2) is 0 Å². The molecule has 2 nitrogen and oxygen atoms in total. The van der Waals surface area contributed by atoms with E-state index in [2.05, 4.69) is 19.9 Å². The van der Waals surface area contributed by atoms with Gasteiger partial charge >= 0.3 is 0 Å². The van der Waals surface area contributed by atoms with Crippen LogP contribution in [0.2, 0.25) is 0 Å². The zero-order valence-corrected chi connectivity index (χ0v) is 12.4. The average Bonchev–Trinajstić information content (AvgIpc) is 2.50. The number of para-hydroxylation sites is 1. The molecule has 1 aliphatic carbocycles. The zero-order chi connectivity index (χ0) is 13.9. The Morgan fingerprint density at radius 1 is 1.11 bits per heavy atom. The molecule has 0 radical (unpaired) electrons. The van der Waals surface area contributed by atoms with Gasteiger partial charge in [0.1, 0.15) is 5.75 Å². The average molecular weight is 262 g/mol. The first-order valence-corrected chi connectivity index (χ1v) is 7.28. The molecule has 2 heteroatoms. The van der Waals surface area contributed by atoms with Crippen molar-refractivity contribution in [2.24, 2.45) is 5.41 Å². The summed E-state index contributed by atoms with van der Waals surface area (Å²) in [7, 11) is 1.69. The van der Waals surface area contributed by atoms with Crippen molar-refractivity contribution in [3.05, 3.63) is 29.8 Å². The van der Waals surface area contributed by atoms with E-state index in [4.69, 9.17) is 4.74 Å². The van der Waals surface area contributed by atoms with E-state index in [1.165, 1.54) is 6.42 Å². The van der Waals surface area contributed by atoms with Crippen molar-refractivity contribution >= 4 is 0 Å².